The van der Waals surface area contributed by atoms with E-state index in [9.17, 15) is 9.59 Å². The van der Waals surface area contributed by atoms with Crippen molar-refractivity contribution in [3.8, 4) is 0 Å². The third-order valence-electron chi connectivity index (χ3n) is 4.11. The summed E-state index contributed by atoms with van der Waals surface area (Å²) in [5.41, 5.74) is 1.74. The molecule has 0 bridgehead atoms. The number of rotatable bonds is 4. The predicted octanol–water partition coefficient (Wildman–Crippen LogP) is 2.31. The van der Waals surface area contributed by atoms with Crippen LogP contribution >= 0.6 is 11.3 Å². The third kappa shape index (κ3) is 3.96. The Morgan fingerprint density at radius 3 is 2.78 bits per heavy atom. The monoisotopic (exact) mass is 329 g/mol. The molecule has 1 saturated heterocycles. The maximum Gasteiger partial charge on any atom is 0.254 e. The molecule has 0 radical (unpaired) electrons. The van der Waals surface area contributed by atoms with Gasteiger partial charge in [-0.25, -0.2) is 0 Å². The van der Waals surface area contributed by atoms with Crippen molar-refractivity contribution >= 4 is 23.2 Å². The van der Waals surface area contributed by atoms with E-state index in [1.807, 2.05) is 33.9 Å². The minimum absolute atomic E-state index is 0.0156. The molecule has 0 atom stereocenters. The van der Waals surface area contributed by atoms with E-state index in [1.54, 1.807) is 12.4 Å². The average molecular weight is 329 g/mol. The number of hydrogen-bond acceptors (Lipinski definition) is 4. The predicted molar refractivity (Wildman–Crippen MR) is 89.0 cm³/mol. The number of pyridine rings is 1. The fourth-order valence-corrected chi connectivity index (χ4v) is 3.38. The molecule has 0 aliphatic carbocycles. The normalized spacial score (nSPS) is 15.4. The van der Waals surface area contributed by atoms with Gasteiger partial charge < -0.3 is 10.2 Å². The van der Waals surface area contributed by atoms with Crippen LogP contribution in [0, 0.1) is 5.92 Å². The zero-order valence-corrected chi connectivity index (χ0v) is 13.6. The summed E-state index contributed by atoms with van der Waals surface area (Å²) in [4.78, 5) is 30.4. The summed E-state index contributed by atoms with van der Waals surface area (Å²) in [5.74, 6) is 0.121. The van der Waals surface area contributed by atoms with Crippen LogP contribution < -0.4 is 5.32 Å². The van der Waals surface area contributed by atoms with Crippen LogP contribution in [0.2, 0.25) is 0 Å². The van der Waals surface area contributed by atoms with Crippen LogP contribution in [0.4, 0.5) is 0 Å². The molecule has 23 heavy (non-hydrogen) atoms. The van der Waals surface area contributed by atoms with Crippen molar-refractivity contribution in [1.82, 2.24) is 15.2 Å². The Kier molecular flexibility index (Phi) is 5.02. The molecule has 3 rings (SSSR count). The second-order valence-corrected chi connectivity index (χ2v) is 6.44. The maximum absolute atomic E-state index is 12.3. The quantitative estimate of drug-likeness (QED) is 0.936. The van der Waals surface area contributed by atoms with Gasteiger partial charge in [0.15, 0.2) is 0 Å². The van der Waals surface area contributed by atoms with Gasteiger partial charge in [0, 0.05) is 43.3 Å². The number of nitrogens with zero attached hydrogens (tertiary/aromatic N) is 2. The van der Waals surface area contributed by atoms with E-state index in [-0.39, 0.29) is 17.7 Å². The summed E-state index contributed by atoms with van der Waals surface area (Å²) < 4.78 is 0. The molecule has 5 nitrogen and oxygen atoms in total. The Hall–Kier alpha value is -2.21. The van der Waals surface area contributed by atoms with Crippen LogP contribution in [0.1, 0.15) is 28.8 Å². The van der Waals surface area contributed by atoms with Crippen LogP contribution in [0.15, 0.2) is 41.4 Å². The third-order valence-corrected chi connectivity index (χ3v) is 4.79. The molecule has 2 aromatic rings. The van der Waals surface area contributed by atoms with Crippen LogP contribution in [0.5, 0.6) is 0 Å². The lowest BCUT2D eigenvalue weighted by atomic mass is 9.95. The number of nitrogens with one attached hydrogen (secondary N) is 1. The minimum Gasteiger partial charge on any atom is -0.352 e. The summed E-state index contributed by atoms with van der Waals surface area (Å²) in [6.45, 7) is 1.78. The van der Waals surface area contributed by atoms with Gasteiger partial charge in [0.1, 0.15) is 0 Å². The highest BCUT2D eigenvalue weighted by Gasteiger charge is 2.27. The maximum atomic E-state index is 12.3. The molecule has 6 heteroatoms. The Balaban J connectivity index is 1.47. The summed E-state index contributed by atoms with van der Waals surface area (Å²) in [7, 11) is 0. The molecule has 0 unspecified atom stereocenters. The van der Waals surface area contributed by atoms with Crippen LogP contribution in [-0.2, 0) is 11.3 Å². The second kappa shape index (κ2) is 7.37. The fourth-order valence-electron chi connectivity index (χ4n) is 2.75. The highest BCUT2D eigenvalue weighted by molar-refractivity contribution is 7.08. The van der Waals surface area contributed by atoms with E-state index in [0.717, 1.165) is 24.0 Å². The van der Waals surface area contributed by atoms with Crippen molar-refractivity contribution < 1.29 is 9.59 Å². The van der Waals surface area contributed by atoms with Crippen molar-refractivity contribution in [2.24, 2.45) is 5.92 Å². The molecule has 0 aromatic carbocycles. The first-order valence-corrected chi connectivity index (χ1v) is 8.66. The number of likely N-dealkylation sites (tertiary alicyclic amines) is 1. The van der Waals surface area contributed by atoms with Crippen LogP contribution in [0.3, 0.4) is 0 Å². The van der Waals surface area contributed by atoms with Crippen molar-refractivity contribution in [3.05, 3.63) is 52.5 Å². The van der Waals surface area contributed by atoms with E-state index in [4.69, 9.17) is 0 Å². The van der Waals surface area contributed by atoms with Crippen molar-refractivity contribution in [2.45, 2.75) is 19.4 Å². The highest BCUT2D eigenvalue weighted by Crippen LogP contribution is 2.20. The standard InChI is InChI=1S/C17H19N3O2S/c21-16(19-11-13-2-1-6-18-10-13)14-3-7-20(8-4-14)17(22)15-5-9-23-12-15/h1-2,5-6,9-10,12,14H,3-4,7-8,11H2,(H,19,21). The lowest BCUT2D eigenvalue weighted by Gasteiger charge is -2.31. The fraction of sp³-hybridized carbons (Fsp3) is 0.353. The smallest absolute Gasteiger partial charge is 0.254 e. The molecule has 120 valence electrons. The zero-order valence-electron chi connectivity index (χ0n) is 12.8. The van der Waals surface area contributed by atoms with Crippen LogP contribution in [0.25, 0.3) is 0 Å². The molecule has 1 aliphatic rings. The molecule has 2 aromatic heterocycles. The second-order valence-electron chi connectivity index (χ2n) is 5.66. The summed E-state index contributed by atoms with van der Waals surface area (Å²) in [5, 5.41) is 6.74. The Bertz CT molecular complexity index is 650. The van der Waals surface area contributed by atoms with Crippen molar-refractivity contribution in [1.29, 1.82) is 0 Å². The van der Waals surface area contributed by atoms with E-state index >= 15 is 0 Å². The molecule has 2 amide bonds. The van der Waals surface area contributed by atoms with Gasteiger partial charge in [-0.2, -0.15) is 11.3 Å². The van der Waals surface area contributed by atoms with Gasteiger partial charge in [0.25, 0.3) is 5.91 Å². The molecule has 0 saturated carbocycles. The van der Waals surface area contributed by atoms with E-state index in [0.29, 0.717) is 19.6 Å². The van der Waals surface area contributed by atoms with Gasteiger partial charge in [0.2, 0.25) is 5.91 Å². The SMILES string of the molecule is O=C(NCc1cccnc1)C1CCN(C(=O)c2ccsc2)CC1. The average Bonchev–Trinajstić information content (AvgIpc) is 3.15. The number of aromatic nitrogens is 1. The number of piperidine rings is 1. The van der Waals surface area contributed by atoms with Gasteiger partial charge in [-0.1, -0.05) is 6.07 Å². The molecular weight excluding hydrogens is 310 g/mol. The first-order chi connectivity index (χ1) is 11.2. The number of carbonyl (C=O) groups is 2. The van der Waals surface area contributed by atoms with Gasteiger partial charge >= 0.3 is 0 Å². The minimum atomic E-state index is -0.0156. The topological polar surface area (TPSA) is 62.3 Å². The number of thiophene rings is 1. The first kappa shape index (κ1) is 15.7. The zero-order chi connectivity index (χ0) is 16.1. The summed E-state index contributed by atoms with van der Waals surface area (Å²) in [6, 6.07) is 5.64. The Labute approximate surface area is 139 Å². The number of amides is 2. The van der Waals surface area contributed by atoms with E-state index < -0.39 is 0 Å². The molecule has 1 fully saturated rings. The number of hydrogen-bond donors (Lipinski definition) is 1. The largest absolute Gasteiger partial charge is 0.352 e. The van der Waals surface area contributed by atoms with Crippen LogP contribution in [-0.4, -0.2) is 34.8 Å². The number of carbonyl (C=O) groups excluding carboxylic acids is 2. The highest BCUT2D eigenvalue weighted by atomic mass is 32.1. The Morgan fingerprint density at radius 1 is 1.30 bits per heavy atom. The van der Waals surface area contributed by atoms with Gasteiger partial charge in [0.05, 0.1) is 5.56 Å². The Morgan fingerprint density at radius 2 is 2.13 bits per heavy atom. The summed E-state index contributed by atoms with van der Waals surface area (Å²) in [6.07, 6.45) is 4.90. The molecular formula is C17H19N3O2S. The summed E-state index contributed by atoms with van der Waals surface area (Å²) >= 11 is 1.53. The van der Waals surface area contributed by atoms with Gasteiger partial charge in [-0.3, -0.25) is 14.6 Å². The lowest BCUT2D eigenvalue weighted by Crippen LogP contribution is -2.42. The van der Waals surface area contributed by atoms with Gasteiger partial charge in [-0.05, 0) is 35.9 Å². The molecule has 3 heterocycles. The first-order valence-electron chi connectivity index (χ1n) is 7.72. The molecule has 1 N–H and O–H groups in total. The van der Waals surface area contributed by atoms with Gasteiger partial charge in [-0.15, -0.1) is 0 Å². The van der Waals surface area contributed by atoms with E-state index in [2.05, 4.69) is 10.3 Å². The lowest BCUT2D eigenvalue weighted by molar-refractivity contribution is -0.126. The molecule has 0 spiro atoms. The molecule has 1 aliphatic heterocycles. The van der Waals surface area contributed by atoms with Crippen molar-refractivity contribution in [3.63, 3.8) is 0 Å². The van der Waals surface area contributed by atoms with E-state index in [1.165, 1.54) is 11.3 Å². The van der Waals surface area contributed by atoms with Crippen molar-refractivity contribution in [2.75, 3.05) is 13.1 Å².